The van der Waals surface area contributed by atoms with Gasteiger partial charge in [-0.15, -0.1) is 11.8 Å². The monoisotopic (exact) mass is 359 g/mol. The van der Waals surface area contributed by atoms with Crippen LogP contribution in [0.25, 0.3) is 0 Å². The first kappa shape index (κ1) is 16.5. The third kappa shape index (κ3) is 4.55. The van der Waals surface area contributed by atoms with Crippen LogP contribution < -0.4 is 5.32 Å². The SMILES string of the molecule is C[C@H](Sc1ccc(Cl)cc1)C(=O)Nc1c(Cl)cccc1Cl. The molecule has 0 saturated carbocycles. The quantitative estimate of drug-likeness (QED) is 0.702. The number of amides is 1. The molecule has 0 fully saturated rings. The number of halogens is 3. The van der Waals surface area contributed by atoms with Gasteiger partial charge in [0.05, 0.1) is 21.0 Å². The summed E-state index contributed by atoms with van der Waals surface area (Å²) in [4.78, 5) is 13.2. The summed E-state index contributed by atoms with van der Waals surface area (Å²) in [6, 6.07) is 12.4. The van der Waals surface area contributed by atoms with Crippen LogP contribution in [-0.4, -0.2) is 11.2 Å². The zero-order valence-electron chi connectivity index (χ0n) is 11.1. The fraction of sp³-hybridized carbons (Fsp3) is 0.133. The Kier molecular flexibility index (Phi) is 5.82. The molecule has 1 amide bonds. The van der Waals surface area contributed by atoms with E-state index < -0.39 is 0 Å². The van der Waals surface area contributed by atoms with Crippen molar-refractivity contribution in [2.75, 3.05) is 5.32 Å². The molecule has 0 aliphatic rings. The standard InChI is InChI=1S/C15H12Cl3NOS/c1-9(21-11-7-5-10(16)6-8-11)15(20)19-14-12(17)3-2-4-13(14)18/h2-9H,1H3,(H,19,20)/t9-/m0/s1. The Bertz CT molecular complexity index is 626. The van der Waals surface area contributed by atoms with Crippen LogP contribution in [0.5, 0.6) is 0 Å². The average Bonchev–Trinajstić information content (AvgIpc) is 2.45. The van der Waals surface area contributed by atoms with Gasteiger partial charge in [-0.3, -0.25) is 4.79 Å². The molecule has 1 atom stereocenters. The molecule has 0 aliphatic heterocycles. The molecule has 0 heterocycles. The first-order valence-corrected chi connectivity index (χ1v) is 8.16. The van der Waals surface area contributed by atoms with Crippen molar-refractivity contribution in [3.05, 3.63) is 57.5 Å². The van der Waals surface area contributed by atoms with Gasteiger partial charge in [0.25, 0.3) is 0 Å². The van der Waals surface area contributed by atoms with Crippen LogP contribution in [0.15, 0.2) is 47.4 Å². The molecular weight excluding hydrogens is 349 g/mol. The Hall–Kier alpha value is -0.870. The predicted octanol–water partition coefficient (Wildman–Crippen LogP) is 5.77. The summed E-state index contributed by atoms with van der Waals surface area (Å²) in [6.45, 7) is 1.82. The van der Waals surface area contributed by atoms with Crippen molar-refractivity contribution in [1.82, 2.24) is 0 Å². The third-order valence-electron chi connectivity index (χ3n) is 2.71. The van der Waals surface area contributed by atoms with Crippen molar-refractivity contribution in [3.63, 3.8) is 0 Å². The maximum absolute atomic E-state index is 12.2. The second kappa shape index (κ2) is 7.41. The third-order valence-corrected chi connectivity index (χ3v) is 4.70. The second-order valence-electron chi connectivity index (χ2n) is 4.30. The maximum atomic E-state index is 12.2. The minimum absolute atomic E-state index is 0.162. The minimum atomic E-state index is -0.293. The maximum Gasteiger partial charge on any atom is 0.237 e. The number of carbonyl (C=O) groups is 1. The summed E-state index contributed by atoms with van der Waals surface area (Å²) in [7, 11) is 0. The highest BCUT2D eigenvalue weighted by Crippen LogP contribution is 2.31. The Labute approximate surface area is 142 Å². The van der Waals surface area contributed by atoms with Gasteiger partial charge in [-0.05, 0) is 43.3 Å². The van der Waals surface area contributed by atoms with Gasteiger partial charge in [0, 0.05) is 9.92 Å². The fourth-order valence-corrected chi connectivity index (χ4v) is 3.10. The number of hydrogen-bond donors (Lipinski definition) is 1. The van der Waals surface area contributed by atoms with Crippen molar-refractivity contribution in [1.29, 1.82) is 0 Å². The van der Waals surface area contributed by atoms with Gasteiger partial charge in [0.2, 0.25) is 5.91 Å². The first-order chi connectivity index (χ1) is 9.97. The average molecular weight is 361 g/mol. The number of hydrogen-bond acceptors (Lipinski definition) is 2. The second-order valence-corrected chi connectivity index (χ2v) is 6.96. The molecule has 2 aromatic rings. The molecule has 0 saturated heterocycles. The lowest BCUT2D eigenvalue weighted by atomic mass is 10.3. The van der Waals surface area contributed by atoms with Crippen LogP contribution in [0.1, 0.15) is 6.92 Å². The molecule has 0 unspecified atom stereocenters. The lowest BCUT2D eigenvalue weighted by Gasteiger charge is -2.14. The number of carbonyl (C=O) groups excluding carboxylic acids is 1. The summed E-state index contributed by atoms with van der Waals surface area (Å²) in [5.74, 6) is -0.162. The van der Waals surface area contributed by atoms with Crippen LogP contribution in [0, 0.1) is 0 Å². The lowest BCUT2D eigenvalue weighted by molar-refractivity contribution is -0.115. The molecule has 6 heteroatoms. The smallest absolute Gasteiger partial charge is 0.237 e. The Morgan fingerprint density at radius 1 is 1.05 bits per heavy atom. The Balaban J connectivity index is 2.04. The van der Waals surface area contributed by atoms with Crippen molar-refractivity contribution in [2.45, 2.75) is 17.1 Å². The van der Waals surface area contributed by atoms with Crippen LogP contribution in [-0.2, 0) is 4.79 Å². The van der Waals surface area contributed by atoms with E-state index in [9.17, 15) is 4.79 Å². The highest BCUT2D eigenvalue weighted by atomic mass is 35.5. The van der Waals surface area contributed by atoms with Gasteiger partial charge in [-0.1, -0.05) is 40.9 Å². The van der Waals surface area contributed by atoms with E-state index in [0.717, 1.165) is 4.90 Å². The van der Waals surface area contributed by atoms with E-state index >= 15 is 0 Å². The minimum Gasteiger partial charge on any atom is -0.323 e. The number of para-hydroxylation sites is 1. The van der Waals surface area contributed by atoms with Crippen LogP contribution >= 0.6 is 46.6 Å². The number of anilines is 1. The van der Waals surface area contributed by atoms with Crippen LogP contribution in [0.3, 0.4) is 0 Å². The first-order valence-electron chi connectivity index (χ1n) is 6.14. The van der Waals surface area contributed by atoms with Crippen molar-refractivity contribution in [3.8, 4) is 0 Å². The normalized spacial score (nSPS) is 12.0. The van der Waals surface area contributed by atoms with Crippen LogP contribution in [0.2, 0.25) is 15.1 Å². The van der Waals surface area contributed by atoms with Crippen molar-refractivity contribution in [2.24, 2.45) is 0 Å². The molecule has 0 aromatic heterocycles. The molecule has 1 N–H and O–H groups in total. The van der Waals surface area contributed by atoms with Gasteiger partial charge in [-0.2, -0.15) is 0 Å². The number of thioether (sulfide) groups is 1. The molecule has 21 heavy (non-hydrogen) atoms. The van der Waals surface area contributed by atoms with E-state index in [-0.39, 0.29) is 11.2 Å². The Morgan fingerprint density at radius 3 is 2.19 bits per heavy atom. The molecule has 0 bridgehead atoms. The van der Waals surface area contributed by atoms with E-state index in [1.807, 2.05) is 19.1 Å². The number of rotatable bonds is 4. The molecule has 2 aromatic carbocycles. The molecule has 2 rings (SSSR count). The molecule has 2 nitrogen and oxygen atoms in total. The van der Waals surface area contributed by atoms with Gasteiger partial charge < -0.3 is 5.32 Å². The van der Waals surface area contributed by atoms with E-state index in [1.54, 1.807) is 30.3 Å². The summed E-state index contributed by atoms with van der Waals surface area (Å²) < 4.78 is 0. The molecule has 110 valence electrons. The highest BCUT2D eigenvalue weighted by molar-refractivity contribution is 8.00. The molecule has 0 radical (unpaired) electrons. The predicted molar refractivity (Wildman–Crippen MR) is 91.9 cm³/mol. The summed E-state index contributed by atoms with van der Waals surface area (Å²) in [6.07, 6.45) is 0. The fourth-order valence-electron chi connectivity index (χ4n) is 1.61. The van der Waals surface area contributed by atoms with E-state index in [4.69, 9.17) is 34.8 Å². The van der Waals surface area contributed by atoms with Crippen LogP contribution in [0.4, 0.5) is 5.69 Å². The zero-order valence-corrected chi connectivity index (χ0v) is 14.2. The Morgan fingerprint density at radius 2 is 1.62 bits per heavy atom. The van der Waals surface area contributed by atoms with Gasteiger partial charge in [-0.25, -0.2) is 0 Å². The van der Waals surface area contributed by atoms with E-state index in [1.165, 1.54) is 11.8 Å². The molecule has 0 aliphatic carbocycles. The lowest BCUT2D eigenvalue weighted by Crippen LogP contribution is -2.22. The molecule has 0 spiro atoms. The van der Waals surface area contributed by atoms with Crippen molar-refractivity contribution < 1.29 is 4.79 Å². The number of benzene rings is 2. The zero-order chi connectivity index (χ0) is 15.4. The van der Waals surface area contributed by atoms with E-state index in [0.29, 0.717) is 20.8 Å². The number of nitrogens with one attached hydrogen (secondary N) is 1. The van der Waals surface area contributed by atoms with Gasteiger partial charge >= 0.3 is 0 Å². The topological polar surface area (TPSA) is 29.1 Å². The van der Waals surface area contributed by atoms with E-state index in [2.05, 4.69) is 5.32 Å². The highest BCUT2D eigenvalue weighted by Gasteiger charge is 2.17. The molecular formula is C15H12Cl3NOS. The van der Waals surface area contributed by atoms with Gasteiger partial charge in [0.15, 0.2) is 0 Å². The summed E-state index contributed by atoms with van der Waals surface area (Å²) >= 11 is 19.3. The summed E-state index contributed by atoms with van der Waals surface area (Å²) in [5.41, 5.74) is 0.439. The summed E-state index contributed by atoms with van der Waals surface area (Å²) in [5, 5.41) is 3.97. The van der Waals surface area contributed by atoms with Crippen molar-refractivity contribution >= 4 is 58.2 Å². The van der Waals surface area contributed by atoms with Gasteiger partial charge in [0.1, 0.15) is 0 Å². The largest absolute Gasteiger partial charge is 0.323 e.